The Hall–Kier alpha value is -4.01. The zero-order valence-electron chi connectivity index (χ0n) is 27.4. The van der Waals surface area contributed by atoms with Crippen molar-refractivity contribution in [1.29, 1.82) is 0 Å². The van der Waals surface area contributed by atoms with Gasteiger partial charge in [0.05, 0.1) is 22.8 Å². The van der Waals surface area contributed by atoms with Gasteiger partial charge in [-0.2, -0.15) is 61.4 Å². The van der Waals surface area contributed by atoms with Crippen molar-refractivity contribution in [3.8, 4) is 0 Å². The number of oxime groups is 2. The van der Waals surface area contributed by atoms with Crippen LogP contribution in [0.5, 0.6) is 0 Å². The minimum absolute atomic E-state index is 0. The third kappa shape index (κ3) is 20.0. The van der Waals surface area contributed by atoms with Gasteiger partial charge in [0, 0.05) is 23.1 Å². The first kappa shape index (κ1) is 43.0. The Balaban J connectivity index is 0.000000636. The standard InChI is InChI=1S/2C12H15ClN2O.2C7H7.Co/c2*1-9(10(2)15-16)14-8-7-11-5-3-4-6-12(11)13;2*1-7-5-3-2-4-6-7;/h2*3-6,16H,7-8H2,1-2H3;2*2-6H,1H2;/q;;2*-1;+2/b2*14-9?,15-10+;;;. The number of hydrogen-bond acceptors (Lipinski definition) is 6. The smallest absolute Gasteiger partial charge is 0.411 e. The molecule has 0 unspecified atom stereocenters. The monoisotopic (exact) mass is 717 g/mol. The maximum Gasteiger partial charge on any atom is 2.00 e. The summed E-state index contributed by atoms with van der Waals surface area (Å²) < 4.78 is 0. The van der Waals surface area contributed by atoms with Gasteiger partial charge in [0.25, 0.3) is 0 Å². The molecule has 1 radical (unpaired) electrons. The normalized spacial score (nSPS) is 13.8. The first-order valence-corrected chi connectivity index (χ1v) is 15.5. The zero-order valence-corrected chi connectivity index (χ0v) is 30.0. The third-order valence-corrected chi connectivity index (χ3v) is 7.15. The summed E-state index contributed by atoms with van der Waals surface area (Å²) in [6.07, 6.45) is 21.3. The molecule has 2 aliphatic rings. The fourth-order valence-electron chi connectivity index (χ4n) is 3.42. The second kappa shape index (κ2) is 26.1. The molecule has 0 saturated heterocycles. The van der Waals surface area contributed by atoms with Crippen LogP contribution < -0.4 is 0 Å². The second-order valence-electron chi connectivity index (χ2n) is 9.96. The van der Waals surface area contributed by atoms with E-state index in [0.29, 0.717) is 24.5 Å². The molecular formula is C38H44Cl2CoN4O2. The molecule has 9 heteroatoms. The summed E-state index contributed by atoms with van der Waals surface area (Å²) in [5.41, 5.74) is 6.88. The molecule has 0 amide bonds. The van der Waals surface area contributed by atoms with Crippen molar-refractivity contribution < 1.29 is 27.2 Å². The van der Waals surface area contributed by atoms with Crippen LogP contribution in [-0.2, 0) is 29.6 Å². The number of halogens is 2. The van der Waals surface area contributed by atoms with Crippen LogP contribution in [0.25, 0.3) is 0 Å². The molecule has 2 aliphatic carbocycles. The number of aliphatic imine (C=N–C) groups is 2. The van der Waals surface area contributed by atoms with E-state index in [2.05, 4.69) is 33.5 Å². The molecule has 0 fully saturated rings. The van der Waals surface area contributed by atoms with Crippen molar-refractivity contribution in [2.75, 3.05) is 13.1 Å². The molecule has 2 aromatic carbocycles. The summed E-state index contributed by atoms with van der Waals surface area (Å²) in [6.45, 7) is 15.8. The van der Waals surface area contributed by atoms with Gasteiger partial charge in [-0.3, -0.25) is 9.98 Å². The van der Waals surface area contributed by atoms with Gasteiger partial charge in [-0.25, -0.2) is 0 Å². The number of rotatable bonds is 8. The molecule has 0 aliphatic heterocycles. The summed E-state index contributed by atoms with van der Waals surface area (Å²) in [7, 11) is 0. The van der Waals surface area contributed by atoms with Crippen LogP contribution in [0, 0.1) is 12.8 Å². The van der Waals surface area contributed by atoms with Crippen LogP contribution in [0.2, 0.25) is 10.0 Å². The number of benzene rings is 2. The number of nitrogens with zero attached hydrogens (tertiary/aromatic N) is 4. The van der Waals surface area contributed by atoms with Gasteiger partial charge in [-0.05, 0) is 63.8 Å². The van der Waals surface area contributed by atoms with E-state index in [1.54, 1.807) is 13.8 Å². The van der Waals surface area contributed by atoms with Crippen LogP contribution in [0.4, 0.5) is 0 Å². The summed E-state index contributed by atoms with van der Waals surface area (Å²) >= 11 is 12.0. The molecule has 2 aromatic rings. The Morgan fingerprint density at radius 1 is 0.596 bits per heavy atom. The fourth-order valence-corrected chi connectivity index (χ4v) is 3.88. The average molecular weight is 719 g/mol. The molecule has 6 nitrogen and oxygen atoms in total. The molecule has 0 saturated carbocycles. The van der Waals surface area contributed by atoms with Gasteiger partial charge < -0.3 is 10.4 Å². The summed E-state index contributed by atoms with van der Waals surface area (Å²) in [5, 5.41) is 24.8. The Morgan fingerprint density at radius 3 is 1.17 bits per heavy atom. The van der Waals surface area contributed by atoms with Crippen LogP contribution in [0.1, 0.15) is 38.8 Å². The molecule has 47 heavy (non-hydrogen) atoms. The van der Waals surface area contributed by atoms with Crippen molar-refractivity contribution in [3.63, 3.8) is 0 Å². The number of hydrogen-bond donors (Lipinski definition) is 2. The topological polar surface area (TPSA) is 89.9 Å². The van der Waals surface area contributed by atoms with E-state index >= 15 is 0 Å². The Bertz CT molecular complexity index is 1380. The van der Waals surface area contributed by atoms with E-state index in [1.165, 1.54) is 0 Å². The van der Waals surface area contributed by atoms with E-state index in [-0.39, 0.29) is 16.8 Å². The minimum atomic E-state index is 0. The van der Waals surface area contributed by atoms with E-state index in [1.807, 2.05) is 124 Å². The van der Waals surface area contributed by atoms with E-state index in [9.17, 15) is 0 Å². The summed E-state index contributed by atoms with van der Waals surface area (Å²) in [6, 6.07) is 15.4. The summed E-state index contributed by atoms with van der Waals surface area (Å²) in [4.78, 5) is 8.60. The predicted molar refractivity (Wildman–Crippen MR) is 199 cm³/mol. The molecule has 0 atom stereocenters. The van der Waals surface area contributed by atoms with Gasteiger partial charge in [0.15, 0.2) is 0 Å². The van der Waals surface area contributed by atoms with Crippen LogP contribution in [-0.4, -0.2) is 46.4 Å². The molecule has 0 heterocycles. The van der Waals surface area contributed by atoms with Gasteiger partial charge in [-0.1, -0.05) is 69.9 Å². The van der Waals surface area contributed by atoms with Crippen molar-refractivity contribution in [2.45, 2.75) is 40.5 Å². The van der Waals surface area contributed by atoms with Crippen LogP contribution >= 0.6 is 23.2 Å². The summed E-state index contributed by atoms with van der Waals surface area (Å²) in [5.74, 6) is 0. The Morgan fingerprint density at radius 2 is 0.915 bits per heavy atom. The molecule has 0 spiro atoms. The minimum Gasteiger partial charge on any atom is -0.411 e. The van der Waals surface area contributed by atoms with Crippen molar-refractivity contribution in [2.24, 2.45) is 20.3 Å². The average Bonchev–Trinajstić information content (AvgIpc) is 3.07. The van der Waals surface area contributed by atoms with Crippen molar-refractivity contribution in [3.05, 3.63) is 155 Å². The molecule has 2 N–H and O–H groups in total. The molecule has 4 rings (SSSR count). The maximum atomic E-state index is 8.55. The van der Waals surface area contributed by atoms with E-state index in [0.717, 1.165) is 56.6 Å². The Labute approximate surface area is 301 Å². The largest absolute Gasteiger partial charge is 2.00 e. The molecular weight excluding hydrogens is 674 g/mol. The van der Waals surface area contributed by atoms with Crippen LogP contribution in [0.3, 0.4) is 0 Å². The van der Waals surface area contributed by atoms with Crippen molar-refractivity contribution in [1.82, 2.24) is 0 Å². The van der Waals surface area contributed by atoms with E-state index < -0.39 is 0 Å². The van der Waals surface area contributed by atoms with E-state index in [4.69, 9.17) is 33.6 Å². The SMILES string of the molecule is C=C1C=C[CH-]C=C1.C=C1C=C[CH-]C=C1.CC(=NCCc1ccccc1Cl)/C(C)=N/O.CC(=NCCc1ccccc1Cl)/C(C)=N/O.[Co+2]. The van der Waals surface area contributed by atoms with Crippen LogP contribution in [0.15, 0.2) is 142 Å². The second-order valence-corrected chi connectivity index (χ2v) is 10.8. The predicted octanol–water partition coefficient (Wildman–Crippen LogP) is 10.1. The van der Waals surface area contributed by atoms with Gasteiger partial charge in [0.1, 0.15) is 0 Å². The third-order valence-electron chi connectivity index (χ3n) is 6.41. The fraction of sp³-hybridized carbons (Fsp3) is 0.211. The quantitative estimate of drug-likeness (QED) is 0.123. The Kier molecular flexibility index (Phi) is 23.9. The first-order valence-electron chi connectivity index (χ1n) is 14.7. The van der Waals surface area contributed by atoms with Crippen molar-refractivity contribution >= 4 is 46.0 Å². The zero-order chi connectivity index (χ0) is 34.2. The van der Waals surface area contributed by atoms with Gasteiger partial charge >= 0.3 is 16.8 Å². The molecule has 251 valence electrons. The first-order chi connectivity index (χ1) is 22.1. The van der Waals surface area contributed by atoms with Gasteiger partial charge in [0.2, 0.25) is 0 Å². The number of allylic oxidation sites excluding steroid dienone is 10. The molecule has 0 bridgehead atoms. The molecule has 0 aromatic heterocycles. The van der Waals surface area contributed by atoms with Gasteiger partial charge in [-0.15, -0.1) is 24.3 Å². The maximum absolute atomic E-state index is 8.55.